The van der Waals surface area contributed by atoms with E-state index in [0.717, 1.165) is 5.56 Å². The zero-order chi connectivity index (χ0) is 18.7. The molecule has 0 N–H and O–H groups in total. The van der Waals surface area contributed by atoms with Gasteiger partial charge in [0.2, 0.25) is 5.91 Å². The second-order valence-electron chi connectivity index (χ2n) is 6.79. The Morgan fingerprint density at radius 3 is 2.42 bits per heavy atom. The van der Waals surface area contributed by atoms with E-state index in [0.29, 0.717) is 43.3 Å². The predicted octanol–water partition coefficient (Wildman–Crippen LogP) is 2.53. The van der Waals surface area contributed by atoms with Crippen LogP contribution in [0.1, 0.15) is 29.8 Å². The standard InChI is InChI=1S/C19H23ClN4O2/c1-14(2)18(25)22-7-9-23(10-8-22)19(26)16-11-21-24(13-16)12-15-5-3-4-6-17(15)20/h3-6,11,13-14H,7-10,12H2,1-2H3. The van der Waals surface area contributed by atoms with E-state index in [9.17, 15) is 9.59 Å². The first kappa shape index (κ1) is 18.5. The van der Waals surface area contributed by atoms with E-state index in [-0.39, 0.29) is 17.7 Å². The number of carbonyl (C=O) groups is 2. The molecule has 1 saturated heterocycles. The first-order valence-electron chi connectivity index (χ1n) is 8.79. The molecule has 2 amide bonds. The fourth-order valence-electron chi connectivity index (χ4n) is 3.04. The van der Waals surface area contributed by atoms with Gasteiger partial charge in [0.25, 0.3) is 5.91 Å². The van der Waals surface area contributed by atoms with Crippen LogP contribution in [0, 0.1) is 5.92 Å². The van der Waals surface area contributed by atoms with Crippen molar-refractivity contribution in [3.05, 3.63) is 52.8 Å². The van der Waals surface area contributed by atoms with Crippen molar-refractivity contribution in [1.82, 2.24) is 19.6 Å². The molecule has 0 saturated carbocycles. The smallest absolute Gasteiger partial charge is 0.257 e. The van der Waals surface area contributed by atoms with Crippen molar-refractivity contribution in [2.45, 2.75) is 20.4 Å². The summed E-state index contributed by atoms with van der Waals surface area (Å²) in [5.74, 6) is 0.0806. The van der Waals surface area contributed by atoms with Crippen molar-refractivity contribution >= 4 is 23.4 Å². The highest BCUT2D eigenvalue weighted by atomic mass is 35.5. The van der Waals surface area contributed by atoms with Crippen LogP contribution in [0.4, 0.5) is 0 Å². The molecular weight excluding hydrogens is 352 g/mol. The molecule has 0 unspecified atom stereocenters. The van der Waals surface area contributed by atoms with Gasteiger partial charge in [0.15, 0.2) is 0 Å². The van der Waals surface area contributed by atoms with Gasteiger partial charge in [-0.2, -0.15) is 5.10 Å². The number of nitrogens with zero attached hydrogens (tertiary/aromatic N) is 4. The highest BCUT2D eigenvalue weighted by molar-refractivity contribution is 6.31. The van der Waals surface area contributed by atoms with Crippen molar-refractivity contribution in [1.29, 1.82) is 0 Å². The Kier molecular flexibility index (Phi) is 5.61. The van der Waals surface area contributed by atoms with E-state index in [1.165, 1.54) is 0 Å². The fraction of sp³-hybridized carbons (Fsp3) is 0.421. The number of hydrogen-bond acceptors (Lipinski definition) is 3. The van der Waals surface area contributed by atoms with E-state index in [4.69, 9.17) is 11.6 Å². The lowest BCUT2D eigenvalue weighted by molar-refractivity contribution is -0.135. The molecule has 7 heteroatoms. The van der Waals surface area contributed by atoms with Gasteiger partial charge in [-0.15, -0.1) is 0 Å². The Bertz CT molecular complexity index is 794. The van der Waals surface area contributed by atoms with E-state index in [2.05, 4.69) is 5.10 Å². The maximum atomic E-state index is 12.7. The Hall–Kier alpha value is -2.34. The summed E-state index contributed by atoms with van der Waals surface area (Å²) >= 11 is 6.18. The van der Waals surface area contributed by atoms with Crippen LogP contribution in [0.2, 0.25) is 5.02 Å². The molecule has 0 aliphatic carbocycles. The molecule has 0 bridgehead atoms. The van der Waals surface area contributed by atoms with Crippen LogP contribution in [0.5, 0.6) is 0 Å². The molecular formula is C19H23ClN4O2. The molecule has 1 fully saturated rings. The van der Waals surface area contributed by atoms with Gasteiger partial charge in [0.1, 0.15) is 0 Å². The van der Waals surface area contributed by atoms with Gasteiger partial charge < -0.3 is 9.80 Å². The molecule has 3 rings (SSSR count). The quantitative estimate of drug-likeness (QED) is 0.826. The van der Waals surface area contributed by atoms with Crippen LogP contribution in [-0.2, 0) is 11.3 Å². The Labute approximate surface area is 158 Å². The first-order valence-corrected chi connectivity index (χ1v) is 9.17. The van der Waals surface area contributed by atoms with Crippen LogP contribution in [-0.4, -0.2) is 57.6 Å². The lowest BCUT2D eigenvalue weighted by atomic mass is 10.1. The summed E-state index contributed by atoms with van der Waals surface area (Å²) in [7, 11) is 0. The summed E-state index contributed by atoms with van der Waals surface area (Å²) in [6.45, 7) is 6.57. The molecule has 1 aliphatic rings. The van der Waals surface area contributed by atoms with Crippen molar-refractivity contribution < 1.29 is 9.59 Å². The lowest BCUT2D eigenvalue weighted by Crippen LogP contribution is -2.51. The second kappa shape index (κ2) is 7.91. The number of amides is 2. The molecule has 6 nitrogen and oxygen atoms in total. The molecule has 138 valence electrons. The SMILES string of the molecule is CC(C)C(=O)N1CCN(C(=O)c2cnn(Cc3ccccc3Cl)c2)CC1. The van der Waals surface area contributed by atoms with Gasteiger partial charge in [-0.3, -0.25) is 14.3 Å². The van der Waals surface area contributed by atoms with Crippen LogP contribution < -0.4 is 0 Å². The number of halogens is 1. The van der Waals surface area contributed by atoms with Crippen LogP contribution in [0.15, 0.2) is 36.7 Å². The summed E-state index contributed by atoms with van der Waals surface area (Å²) in [6, 6.07) is 7.59. The molecule has 0 radical (unpaired) electrons. The number of hydrogen-bond donors (Lipinski definition) is 0. The minimum Gasteiger partial charge on any atom is -0.339 e. The first-order chi connectivity index (χ1) is 12.5. The average molecular weight is 375 g/mol. The van der Waals surface area contributed by atoms with Gasteiger partial charge in [0, 0.05) is 43.3 Å². The minimum absolute atomic E-state index is 0.0136. The molecule has 2 heterocycles. The minimum atomic E-state index is -0.0490. The van der Waals surface area contributed by atoms with E-state index < -0.39 is 0 Å². The summed E-state index contributed by atoms with van der Waals surface area (Å²) in [5, 5.41) is 4.96. The lowest BCUT2D eigenvalue weighted by Gasteiger charge is -2.35. The van der Waals surface area contributed by atoms with Gasteiger partial charge in [-0.25, -0.2) is 0 Å². The third-order valence-corrected chi connectivity index (χ3v) is 4.91. The topological polar surface area (TPSA) is 58.4 Å². The molecule has 0 spiro atoms. The van der Waals surface area contributed by atoms with E-state index in [1.54, 1.807) is 22.0 Å². The monoisotopic (exact) mass is 374 g/mol. The number of aromatic nitrogens is 2. The van der Waals surface area contributed by atoms with Crippen LogP contribution in [0.25, 0.3) is 0 Å². The van der Waals surface area contributed by atoms with Crippen molar-refractivity contribution in [2.75, 3.05) is 26.2 Å². The molecule has 1 aromatic heterocycles. The average Bonchev–Trinajstić information content (AvgIpc) is 3.11. The molecule has 0 atom stereocenters. The fourth-order valence-corrected chi connectivity index (χ4v) is 3.23. The third-order valence-electron chi connectivity index (χ3n) is 4.54. The van der Waals surface area contributed by atoms with Crippen molar-refractivity contribution in [3.8, 4) is 0 Å². The second-order valence-corrected chi connectivity index (χ2v) is 7.20. The Morgan fingerprint density at radius 1 is 1.12 bits per heavy atom. The van der Waals surface area contributed by atoms with Crippen LogP contribution >= 0.6 is 11.6 Å². The van der Waals surface area contributed by atoms with Crippen LogP contribution in [0.3, 0.4) is 0 Å². The third kappa shape index (κ3) is 4.07. The normalized spacial score (nSPS) is 14.8. The van der Waals surface area contributed by atoms with E-state index in [1.807, 2.05) is 43.0 Å². The number of piperazine rings is 1. The predicted molar refractivity (Wildman–Crippen MR) is 100 cm³/mol. The molecule has 1 aromatic carbocycles. The summed E-state index contributed by atoms with van der Waals surface area (Å²) in [6.07, 6.45) is 3.34. The number of benzene rings is 1. The molecule has 2 aromatic rings. The Balaban J connectivity index is 1.60. The zero-order valence-corrected chi connectivity index (χ0v) is 15.8. The maximum Gasteiger partial charge on any atom is 0.257 e. The molecule has 1 aliphatic heterocycles. The number of carbonyl (C=O) groups excluding carboxylic acids is 2. The highest BCUT2D eigenvalue weighted by Crippen LogP contribution is 2.17. The van der Waals surface area contributed by atoms with Gasteiger partial charge in [-0.05, 0) is 11.6 Å². The molecule has 26 heavy (non-hydrogen) atoms. The Morgan fingerprint density at radius 2 is 1.77 bits per heavy atom. The van der Waals surface area contributed by atoms with Gasteiger partial charge >= 0.3 is 0 Å². The summed E-state index contributed by atoms with van der Waals surface area (Å²) < 4.78 is 1.72. The largest absolute Gasteiger partial charge is 0.339 e. The highest BCUT2D eigenvalue weighted by Gasteiger charge is 2.26. The van der Waals surface area contributed by atoms with Gasteiger partial charge in [0.05, 0.1) is 18.3 Å². The van der Waals surface area contributed by atoms with Gasteiger partial charge in [-0.1, -0.05) is 43.6 Å². The zero-order valence-electron chi connectivity index (χ0n) is 15.1. The number of rotatable bonds is 4. The maximum absolute atomic E-state index is 12.7. The van der Waals surface area contributed by atoms with Crippen molar-refractivity contribution in [3.63, 3.8) is 0 Å². The summed E-state index contributed by atoms with van der Waals surface area (Å²) in [5.41, 5.74) is 1.51. The van der Waals surface area contributed by atoms with E-state index >= 15 is 0 Å². The summed E-state index contributed by atoms with van der Waals surface area (Å²) in [4.78, 5) is 28.3. The van der Waals surface area contributed by atoms with Crippen molar-refractivity contribution in [2.24, 2.45) is 5.92 Å².